The molecule has 5 N–H and O–H groups in total. The van der Waals surface area contributed by atoms with Gasteiger partial charge in [-0.25, -0.2) is 15.0 Å². The number of aromatic nitrogens is 2. The van der Waals surface area contributed by atoms with E-state index in [9.17, 15) is 0 Å². The topological polar surface area (TPSA) is 111 Å². The number of rotatable bonds is 6. The summed E-state index contributed by atoms with van der Waals surface area (Å²) < 4.78 is 5.42. The molecule has 1 fully saturated rings. The van der Waals surface area contributed by atoms with Crippen molar-refractivity contribution in [1.82, 2.24) is 9.97 Å². The fourth-order valence-corrected chi connectivity index (χ4v) is 4.11. The minimum absolute atomic E-state index is 0. The van der Waals surface area contributed by atoms with Gasteiger partial charge in [-0.15, -0.1) is 24.8 Å². The Morgan fingerprint density at radius 2 is 1.79 bits per heavy atom. The number of hydrogen-bond acceptors (Lipinski definition) is 5. The first-order chi connectivity index (χ1) is 15.5. The zero-order chi connectivity index (χ0) is 22.5. The molecular formula is C24H29Cl3N6O. The second-order valence-corrected chi connectivity index (χ2v) is 8.29. The maximum absolute atomic E-state index is 5.98. The molecule has 1 saturated carbocycles. The molecule has 3 aromatic rings. The molecule has 2 atom stereocenters. The molecule has 0 radical (unpaired) electrons. The standard InChI is InChI=1S/C24H27ClN6O.2ClH/c1-32-17-11-12-19-18(14-17)23(29-20-4-2-3-5-21(20)30-24(26)27)31-22(28-19)13-8-15-6-9-16(25)10-7-15;;/h6-14,20-21H,2-5H2,1H3,(H4,26,27,30)(H,28,29,31);2*1H/b13-8-;;. The van der Waals surface area contributed by atoms with Crippen LogP contribution < -0.4 is 21.5 Å². The summed E-state index contributed by atoms with van der Waals surface area (Å²) in [5.74, 6) is 2.21. The van der Waals surface area contributed by atoms with E-state index >= 15 is 0 Å². The monoisotopic (exact) mass is 522 g/mol. The van der Waals surface area contributed by atoms with Crippen molar-refractivity contribution >= 4 is 71.2 Å². The second kappa shape index (κ2) is 12.6. The lowest BCUT2D eigenvalue weighted by atomic mass is 9.90. The Morgan fingerprint density at radius 3 is 2.50 bits per heavy atom. The van der Waals surface area contributed by atoms with Gasteiger partial charge in [0.2, 0.25) is 0 Å². The van der Waals surface area contributed by atoms with Crippen LogP contribution in [0.2, 0.25) is 5.02 Å². The summed E-state index contributed by atoms with van der Waals surface area (Å²) in [7, 11) is 1.65. The van der Waals surface area contributed by atoms with Gasteiger partial charge in [0.25, 0.3) is 0 Å². The number of methoxy groups -OCH3 is 1. The largest absolute Gasteiger partial charge is 0.497 e. The molecule has 10 heteroatoms. The van der Waals surface area contributed by atoms with Crippen molar-refractivity contribution < 1.29 is 4.74 Å². The summed E-state index contributed by atoms with van der Waals surface area (Å²) in [6.45, 7) is 0. The lowest BCUT2D eigenvalue weighted by Gasteiger charge is -2.30. The first kappa shape index (κ1) is 27.5. The lowest BCUT2D eigenvalue weighted by molar-refractivity contribution is 0.405. The minimum atomic E-state index is 0. The van der Waals surface area contributed by atoms with Gasteiger partial charge in [-0.1, -0.05) is 42.7 Å². The van der Waals surface area contributed by atoms with E-state index in [1.165, 1.54) is 0 Å². The number of ether oxygens (including phenoxy) is 1. The van der Waals surface area contributed by atoms with Crippen molar-refractivity contribution in [1.29, 1.82) is 0 Å². The van der Waals surface area contributed by atoms with Crippen LogP contribution in [0, 0.1) is 0 Å². The Hall–Kier alpha value is -2.74. The summed E-state index contributed by atoms with van der Waals surface area (Å²) in [6, 6.07) is 13.5. The Kier molecular flexibility index (Phi) is 10.2. The number of nitrogens with zero attached hydrogens (tertiary/aromatic N) is 3. The normalized spacial score (nSPS) is 17.5. The molecule has 0 bridgehead atoms. The molecule has 34 heavy (non-hydrogen) atoms. The van der Waals surface area contributed by atoms with E-state index in [1.54, 1.807) is 7.11 Å². The summed E-state index contributed by atoms with van der Waals surface area (Å²) in [5.41, 5.74) is 13.2. The average molecular weight is 524 g/mol. The van der Waals surface area contributed by atoms with Crippen LogP contribution in [0.3, 0.4) is 0 Å². The van der Waals surface area contributed by atoms with Gasteiger partial charge in [-0.3, -0.25) is 0 Å². The second-order valence-electron chi connectivity index (χ2n) is 7.85. The van der Waals surface area contributed by atoms with Crippen LogP contribution in [0.25, 0.3) is 23.1 Å². The number of benzene rings is 2. The number of guanidine groups is 1. The number of hydrogen-bond donors (Lipinski definition) is 3. The van der Waals surface area contributed by atoms with Crippen LogP contribution >= 0.6 is 36.4 Å². The Labute approximate surface area is 216 Å². The highest BCUT2D eigenvalue weighted by atomic mass is 35.5. The highest BCUT2D eigenvalue weighted by Gasteiger charge is 2.26. The van der Waals surface area contributed by atoms with Crippen molar-refractivity contribution in [3.05, 3.63) is 58.9 Å². The molecule has 1 aliphatic carbocycles. The quantitative estimate of drug-likeness (QED) is 0.298. The maximum Gasteiger partial charge on any atom is 0.186 e. The minimum Gasteiger partial charge on any atom is -0.497 e. The zero-order valence-electron chi connectivity index (χ0n) is 18.8. The van der Waals surface area contributed by atoms with Crippen molar-refractivity contribution in [2.75, 3.05) is 12.4 Å². The van der Waals surface area contributed by atoms with E-state index in [1.807, 2.05) is 54.6 Å². The molecule has 4 rings (SSSR count). The van der Waals surface area contributed by atoms with E-state index in [2.05, 4.69) is 10.3 Å². The van der Waals surface area contributed by atoms with E-state index < -0.39 is 0 Å². The third-order valence-electron chi connectivity index (χ3n) is 5.58. The smallest absolute Gasteiger partial charge is 0.186 e. The average Bonchev–Trinajstić information content (AvgIpc) is 2.79. The maximum atomic E-state index is 5.98. The first-order valence-corrected chi connectivity index (χ1v) is 11.0. The lowest BCUT2D eigenvalue weighted by Crippen LogP contribution is -2.38. The SMILES string of the molecule is COc1ccc2nc(/C=C\c3ccc(Cl)cc3)nc(NC3CCCCC3N=C(N)N)c2c1.Cl.Cl. The molecule has 0 saturated heterocycles. The molecule has 1 heterocycles. The molecule has 0 amide bonds. The van der Waals surface area contributed by atoms with E-state index in [0.29, 0.717) is 10.8 Å². The van der Waals surface area contributed by atoms with Gasteiger partial charge in [-0.2, -0.15) is 0 Å². The van der Waals surface area contributed by atoms with E-state index in [-0.39, 0.29) is 42.9 Å². The molecule has 1 aromatic heterocycles. The van der Waals surface area contributed by atoms with Crippen molar-refractivity contribution in [2.45, 2.75) is 37.8 Å². The van der Waals surface area contributed by atoms with Crippen molar-refractivity contribution in [3.63, 3.8) is 0 Å². The van der Waals surface area contributed by atoms with Gasteiger partial charge in [0, 0.05) is 10.4 Å². The van der Waals surface area contributed by atoms with Crippen LogP contribution in [-0.2, 0) is 0 Å². The number of halogens is 3. The summed E-state index contributed by atoms with van der Waals surface area (Å²) >= 11 is 5.98. The van der Waals surface area contributed by atoms with E-state index in [4.69, 9.17) is 37.8 Å². The summed E-state index contributed by atoms with van der Waals surface area (Å²) in [5, 5.41) is 5.19. The molecule has 2 aromatic carbocycles. The van der Waals surface area contributed by atoms with Crippen LogP contribution in [0.1, 0.15) is 37.1 Å². The Balaban J connectivity index is 0.00000204. The summed E-state index contributed by atoms with van der Waals surface area (Å²) in [4.78, 5) is 14.0. The van der Waals surface area contributed by atoms with Gasteiger partial charge < -0.3 is 21.5 Å². The highest BCUT2D eigenvalue weighted by Crippen LogP contribution is 2.30. The molecule has 182 valence electrons. The first-order valence-electron chi connectivity index (χ1n) is 10.7. The zero-order valence-corrected chi connectivity index (χ0v) is 21.2. The number of aliphatic imine (C=N–C) groups is 1. The third kappa shape index (κ3) is 6.88. The van der Waals surface area contributed by atoms with Gasteiger partial charge in [0.05, 0.1) is 24.7 Å². The summed E-state index contributed by atoms with van der Waals surface area (Å²) in [6.07, 6.45) is 7.98. The predicted octanol–water partition coefficient (Wildman–Crippen LogP) is 5.30. The fourth-order valence-electron chi connectivity index (χ4n) is 3.98. The molecule has 0 aliphatic heterocycles. The van der Waals surface area contributed by atoms with Gasteiger partial charge in [-0.05, 0) is 54.8 Å². The predicted molar refractivity (Wildman–Crippen MR) is 146 cm³/mol. The molecule has 2 unspecified atom stereocenters. The van der Waals surface area contributed by atoms with Crippen molar-refractivity contribution in [3.8, 4) is 5.75 Å². The van der Waals surface area contributed by atoms with Crippen LogP contribution in [0.15, 0.2) is 47.5 Å². The molecule has 1 aliphatic rings. The van der Waals surface area contributed by atoms with Gasteiger partial charge in [0.15, 0.2) is 11.8 Å². The fraction of sp³-hybridized carbons (Fsp3) is 0.292. The Morgan fingerprint density at radius 1 is 1.06 bits per heavy atom. The number of fused-ring (bicyclic) bond motifs is 1. The van der Waals surface area contributed by atoms with Gasteiger partial charge >= 0.3 is 0 Å². The number of nitrogens with two attached hydrogens (primary N) is 2. The van der Waals surface area contributed by atoms with Crippen LogP contribution in [0.4, 0.5) is 5.82 Å². The molecule has 7 nitrogen and oxygen atoms in total. The molecule has 0 spiro atoms. The third-order valence-corrected chi connectivity index (χ3v) is 5.83. The van der Waals surface area contributed by atoms with E-state index in [0.717, 1.165) is 53.7 Å². The highest BCUT2D eigenvalue weighted by molar-refractivity contribution is 6.30. The molecular weight excluding hydrogens is 495 g/mol. The van der Waals surface area contributed by atoms with Crippen LogP contribution in [0.5, 0.6) is 5.75 Å². The van der Waals surface area contributed by atoms with Crippen LogP contribution in [-0.4, -0.2) is 35.1 Å². The Bertz CT molecular complexity index is 1150. The number of nitrogens with one attached hydrogen (secondary N) is 1. The van der Waals surface area contributed by atoms with Crippen molar-refractivity contribution in [2.24, 2.45) is 16.5 Å². The number of anilines is 1. The van der Waals surface area contributed by atoms with Gasteiger partial charge in [0.1, 0.15) is 11.6 Å².